The monoisotopic (exact) mass is 241 g/mol. The quantitative estimate of drug-likeness (QED) is 0.718. The van der Waals surface area contributed by atoms with Gasteiger partial charge in [0.2, 0.25) is 0 Å². The fraction of sp³-hybridized carbons (Fsp3) is 0.412. The number of hydrogen-bond acceptors (Lipinski definition) is 1. The molecule has 0 amide bonds. The zero-order chi connectivity index (χ0) is 12.6. The molecular formula is C17H23N. The van der Waals surface area contributed by atoms with Gasteiger partial charge in [-0.1, -0.05) is 55.3 Å². The van der Waals surface area contributed by atoms with E-state index in [0.717, 1.165) is 6.54 Å². The lowest BCUT2D eigenvalue weighted by atomic mass is 9.99. The fourth-order valence-electron chi connectivity index (χ4n) is 2.48. The van der Waals surface area contributed by atoms with E-state index in [9.17, 15) is 0 Å². The van der Waals surface area contributed by atoms with E-state index in [1.807, 2.05) is 7.05 Å². The maximum atomic E-state index is 3.20. The van der Waals surface area contributed by atoms with Crippen LogP contribution in [0.2, 0.25) is 0 Å². The van der Waals surface area contributed by atoms with Crippen molar-refractivity contribution in [1.82, 2.24) is 5.32 Å². The molecule has 0 radical (unpaired) electrons. The maximum Gasteiger partial charge on any atom is -0.00519 e. The molecular weight excluding hydrogens is 218 g/mol. The van der Waals surface area contributed by atoms with Crippen LogP contribution in [0.4, 0.5) is 0 Å². The lowest BCUT2D eigenvalue weighted by Gasteiger charge is -2.06. The third-order valence-electron chi connectivity index (χ3n) is 3.50. The molecule has 0 bridgehead atoms. The van der Waals surface area contributed by atoms with Gasteiger partial charge in [-0.3, -0.25) is 0 Å². The second-order valence-corrected chi connectivity index (χ2v) is 4.91. The van der Waals surface area contributed by atoms with Crippen molar-refractivity contribution in [2.45, 2.75) is 32.1 Å². The van der Waals surface area contributed by atoms with Crippen molar-refractivity contribution in [3.05, 3.63) is 48.0 Å². The van der Waals surface area contributed by atoms with E-state index in [1.165, 1.54) is 48.4 Å². The van der Waals surface area contributed by atoms with E-state index in [4.69, 9.17) is 0 Å². The van der Waals surface area contributed by atoms with Crippen LogP contribution in [0.5, 0.6) is 0 Å². The van der Waals surface area contributed by atoms with Gasteiger partial charge >= 0.3 is 0 Å². The molecule has 0 aromatic heterocycles. The van der Waals surface area contributed by atoms with Crippen molar-refractivity contribution >= 4 is 10.8 Å². The highest BCUT2D eigenvalue weighted by molar-refractivity contribution is 5.85. The van der Waals surface area contributed by atoms with Gasteiger partial charge in [0.15, 0.2) is 0 Å². The first-order valence-electron chi connectivity index (χ1n) is 7.03. The van der Waals surface area contributed by atoms with Gasteiger partial charge in [-0.05, 0) is 49.2 Å². The lowest BCUT2D eigenvalue weighted by molar-refractivity contribution is 0.617. The van der Waals surface area contributed by atoms with Gasteiger partial charge in [0.1, 0.15) is 0 Å². The molecule has 0 aliphatic heterocycles. The number of unbranched alkanes of at least 4 members (excludes halogenated alkanes) is 3. The van der Waals surface area contributed by atoms with E-state index in [2.05, 4.69) is 47.8 Å². The second-order valence-electron chi connectivity index (χ2n) is 4.91. The Morgan fingerprint density at radius 3 is 2.50 bits per heavy atom. The minimum Gasteiger partial charge on any atom is -0.320 e. The van der Waals surface area contributed by atoms with Crippen molar-refractivity contribution in [2.24, 2.45) is 0 Å². The average Bonchev–Trinajstić information content (AvgIpc) is 2.43. The Labute approximate surface area is 110 Å². The molecule has 1 N–H and O–H groups in total. The van der Waals surface area contributed by atoms with E-state index in [-0.39, 0.29) is 0 Å². The van der Waals surface area contributed by atoms with Crippen LogP contribution in [-0.4, -0.2) is 13.6 Å². The van der Waals surface area contributed by atoms with Crippen LogP contribution in [0, 0.1) is 0 Å². The zero-order valence-electron chi connectivity index (χ0n) is 11.3. The van der Waals surface area contributed by atoms with Crippen molar-refractivity contribution in [3.63, 3.8) is 0 Å². The molecule has 1 heteroatoms. The molecule has 2 aromatic rings. The van der Waals surface area contributed by atoms with Gasteiger partial charge in [-0.2, -0.15) is 0 Å². The molecule has 2 rings (SSSR count). The molecule has 2 aromatic carbocycles. The molecule has 96 valence electrons. The van der Waals surface area contributed by atoms with E-state index in [1.54, 1.807) is 0 Å². The summed E-state index contributed by atoms with van der Waals surface area (Å²) in [6, 6.07) is 15.3. The summed E-state index contributed by atoms with van der Waals surface area (Å²) in [5.41, 5.74) is 1.50. The summed E-state index contributed by atoms with van der Waals surface area (Å²) in [5.74, 6) is 0. The minimum atomic E-state index is 1.15. The fourth-order valence-corrected chi connectivity index (χ4v) is 2.48. The topological polar surface area (TPSA) is 12.0 Å². The number of hydrogen-bond donors (Lipinski definition) is 1. The maximum absolute atomic E-state index is 3.20. The smallest absolute Gasteiger partial charge is 0.00519 e. The van der Waals surface area contributed by atoms with Gasteiger partial charge < -0.3 is 5.32 Å². The molecule has 0 spiro atoms. The number of benzene rings is 2. The van der Waals surface area contributed by atoms with Crippen LogP contribution in [0.25, 0.3) is 10.8 Å². The molecule has 0 heterocycles. The van der Waals surface area contributed by atoms with Crippen LogP contribution < -0.4 is 5.32 Å². The van der Waals surface area contributed by atoms with Crippen molar-refractivity contribution in [3.8, 4) is 0 Å². The molecule has 0 aliphatic carbocycles. The largest absolute Gasteiger partial charge is 0.320 e. The first-order valence-corrected chi connectivity index (χ1v) is 7.03. The third-order valence-corrected chi connectivity index (χ3v) is 3.50. The van der Waals surface area contributed by atoms with Crippen LogP contribution in [0.1, 0.15) is 31.2 Å². The normalized spacial score (nSPS) is 10.9. The summed E-state index contributed by atoms with van der Waals surface area (Å²) in [6.07, 6.45) is 6.49. The van der Waals surface area contributed by atoms with E-state index < -0.39 is 0 Å². The summed E-state index contributed by atoms with van der Waals surface area (Å²) in [6.45, 7) is 1.15. The van der Waals surface area contributed by atoms with Gasteiger partial charge in [0, 0.05) is 0 Å². The number of fused-ring (bicyclic) bond motifs is 1. The molecule has 0 atom stereocenters. The Morgan fingerprint density at radius 1 is 0.833 bits per heavy atom. The lowest BCUT2D eigenvalue weighted by Crippen LogP contribution is -2.06. The average molecular weight is 241 g/mol. The third kappa shape index (κ3) is 3.58. The summed E-state index contributed by atoms with van der Waals surface area (Å²) in [7, 11) is 2.02. The van der Waals surface area contributed by atoms with Crippen LogP contribution in [-0.2, 0) is 6.42 Å². The van der Waals surface area contributed by atoms with Crippen LogP contribution in [0.3, 0.4) is 0 Å². The molecule has 0 saturated heterocycles. The van der Waals surface area contributed by atoms with Gasteiger partial charge in [-0.25, -0.2) is 0 Å². The highest BCUT2D eigenvalue weighted by Gasteiger charge is 1.99. The summed E-state index contributed by atoms with van der Waals surface area (Å²) in [5, 5.41) is 5.99. The Hall–Kier alpha value is -1.34. The molecule has 0 aliphatic rings. The SMILES string of the molecule is CNCCCCCCc1cccc2ccccc12. The van der Waals surface area contributed by atoms with Crippen molar-refractivity contribution < 1.29 is 0 Å². The summed E-state index contributed by atoms with van der Waals surface area (Å²) in [4.78, 5) is 0. The minimum absolute atomic E-state index is 1.15. The Morgan fingerprint density at radius 2 is 1.61 bits per heavy atom. The molecule has 0 fully saturated rings. The summed E-state index contributed by atoms with van der Waals surface area (Å²) >= 11 is 0. The van der Waals surface area contributed by atoms with Crippen molar-refractivity contribution in [1.29, 1.82) is 0 Å². The van der Waals surface area contributed by atoms with Crippen LogP contribution >= 0.6 is 0 Å². The Bertz CT molecular complexity index is 470. The molecule has 0 unspecified atom stereocenters. The van der Waals surface area contributed by atoms with Gasteiger partial charge in [-0.15, -0.1) is 0 Å². The highest BCUT2D eigenvalue weighted by Crippen LogP contribution is 2.20. The highest BCUT2D eigenvalue weighted by atomic mass is 14.8. The number of rotatable bonds is 7. The molecule has 18 heavy (non-hydrogen) atoms. The zero-order valence-corrected chi connectivity index (χ0v) is 11.3. The summed E-state index contributed by atoms with van der Waals surface area (Å²) < 4.78 is 0. The van der Waals surface area contributed by atoms with Gasteiger partial charge in [0.25, 0.3) is 0 Å². The van der Waals surface area contributed by atoms with Crippen molar-refractivity contribution in [2.75, 3.05) is 13.6 Å². The van der Waals surface area contributed by atoms with E-state index in [0.29, 0.717) is 0 Å². The first-order chi connectivity index (χ1) is 8.92. The second kappa shape index (κ2) is 7.17. The number of aryl methyl sites for hydroxylation is 1. The Balaban J connectivity index is 1.88. The first kappa shape index (κ1) is 13.1. The molecule has 0 saturated carbocycles. The Kier molecular flexibility index (Phi) is 5.22. The predicted molar refractivity (Wildman–Crippen MR) is 80.0 cm³/mol. The molecule has 1 nitrogen and oxygen atoms in total. The van der Waals surface area contributed by atoms with Gasteiger partial charge in [0.05, 0.1) is 0 Å². The standard InChI is InChI=1S/C17H23N/c1-18-14-7-3-2-4-9-15-11-8-12-16-10-5-6-13-17(15)16/h5-6,8,10-13,18H,2-4,7,9,14H2,1H3. The predicted octanol–water partition coefficient (Wildman–Crippen LogP) is 4.16. The number of nitrogens with one attached hydrogen (secondary N) is 1. The van der Waals surface area contributed by atoms with E-state index >= 15 is 0 Å². The van der Waals surface area contributed by atoms with Crippen LogP contribution in [0.15, 0.2) is 42.5 Å².